The van der Waals surface area contributed by atoms with Crippen LogP contribution < -0.4 is 10.2 Å². The minimum absolute atomic E-state index is 0.0659. The molecule has 0 spiro atoms. The van der Waals surface area contributed by atoms with Crippen LogP contribution >= 0.6 is 0 Å². The van der Waals surface area contributed by atoms with Crippen LogP contribution in [0, 0.1) is 0 Å². The normalized spacial score (nSPS) is 25.5. The van der Waals surface area contributed by atoms with Gasteiger partial charge in [-0.3, -0.25) is 5.32 Å². The maximum atomic E-state index is 5.63. The Hall–Kier alpha value is -1.06. The molecule has 1 fully saturated rings. The Balaban J connectivity index is 2.10. The fraction of sp³-hybridized carbons (Fsp3) is 0.500. The summed E-state index contributed by atoms with van der Waals surface area (Å²) in [7, 11) is 4.09. The number of anilines is 1. The van der Waals surface area contributed by atoms with E-state index in [0.717, 1.165) is 6.61 Å². The molecule has 0 bridgehead atoms. The van der Waals surface area contributed by atoms with Crippen molar-refractivity contribution in [1.82, 2.24) is 5.32 Å². The van der Waals surface area contributed by atoms with Crippen molar-refractivity contribution in [3.63, 3.8) is 0 Å². The predicted octanol–water partition coefficient (Wildman–Crippen LogP) is 1.76. The second kappa shape index (κ2) is 4.21. The first-order chi connectivity index (χ1) is 7.16. The van der Waals surface area contributed by atoms with Crippen molar-refractivity contribution in [2.24, 2.45) is 0 Å². The third-order valence-corrected chi connectivity index (χ3v) is 2.66. The first-order valence-corrected chi connectivity index (χ1v) is 5.32. The summed E-state index contributed by atoms with van der Waals surface area (Å²) in [5.41, 5.74) is 2.41. The van der Waals surface area contributed by atoms with Crippen LogP contribution in [0.5, 0.6) is 0 Å². The molecule has 0 radical (unpaired) electrons. The molecule has 0 amide bonds. The number of nitrogens with zero attached hydrogens (tertiary/aromatic N) is 1. The zero-order valence-corrected chi connectivity index (χ0v) is 9.53. The summed E-state index contributed by atoms with van der Waals surface area (Å²) in [6.07, 6.45) is 0.0659. The number of hydrogen-bond acceptors (Lipinski definition) is 3. The lowest BCUT2D eigenvalue weighted by atomic mass is 10.1. The van der Waals surface area contributed by atoms with Crippen molar-refractivity contribution in [1.29, 1.82) is 0 Å². The molecule has 15 heavy (non-hydrogen) atoms. The van der Waals surface area contributed by atoms with E-state index in [4.69, 9.17) is 4.74 Å². The van der Waals surface area contributed by atoms with Gasteiger partial charge in [0, 0.05) is 25.8 Å². The lowest BCUT2D eigenvalue weighted by Gasteiger charge is -2.15. The molecule has 3 nitrogen and oxygen atoms in total. The van der Waals surface area contributed by atoms with Crippen molar-refractivity contribution >= 4 is 5.69 Å². The van der Waals surface area contributed by atoms with Crippen LogP contribution in [0.3, 0.4) is 0 Å². The van der Waals surface area contributed by atoms with Crippen molar-refractivity contribution in [2.45, 2.75) is 19.2 Å². The molecule has 0 aliphatic carbocycles. The Labute approximate surface area is 91.0 Å². The maximum Gasteiger partial charge on any atom is 0.134 e. The second-order valence-electron chi connectivity index (χ2n) is 4.27. The number of rotatable bonds is 2. The van der Waals surface area contributed by atoms with Gasteiger partial charge in [-0.2, -0.15) is 0 Å². The lowest BCUT2D eigenvalue weighted by Crippen LogP contribution is -2.22. The van der Waals surface area contributed by atoms with E-state index in [1.165, 1.54) is 11.3 Å². The van der Waals surface area contributed by atoms with Gasteiger partial charge in [-0.15, -0.1) is 0 Å². The Bertz CT molecular complexity index is 321. The molecule has 0 saturated carbocycles. The van der Waals surface area contributed by atoms with Gasteiger partial charge in [-0.25, -0.2) is 0 Å². The van der Waals surface area contributed by atoms with E-state index in [-0.39, 0.29) is 6.23 Å². The summed E-state index contributed by atoms with van der Waals surface area (Å²) < 4.78 is 5.63. The largest absolute Gasteiger partial charge is 0.378 e. The van der Waals surface area contributed by atoms with Gasteiger partial charge in [0.15, 0.2) is 0 Å². The summed E-state index contributed by atoms with van der Waals surface area (Å²) in [6.45, 7) is 2.92. The Morgan fingerprint density at radius 3 is 2.40 bits per heavy atom. The summed E-state index contributed by atoms with van der Waals surface area (Å²) in [6, 6.07) is 8.91. The molecule has 1 aromatic rings. The van der Waals surface area contributed by atoms with Gasteiger partial charge in [0.05, 0.1) is 6.61 Å². The molecule has 3 heteroatoms. The summed E-state index contributed by atoms with van der Waals surface area (Å²) in [5, 5.41) is 3.38. The molecular weight excluding hydrogens is 188 g/mol. The summed E-state index contributed by atoms with van der Waals surface area (Å²) in [4.78, 5) is 2.09. The van der Waals surface area contributed by atoms with Gasteiger partial charge in [-0.05, 0) is 24.6 Å². The van der Waals surface area contributed by atoms with Crippen LogP contribution in [-0.4, -0.2) is 26.7 Å². The van der Waals surface area contributed by atoms with Crippen LogP contribution in [0.15, 0.2) is 24.3 Å². The molecule has 1 aliphatic heterocycles. The average Bonchev–Trinajstić information content (AvgIpc) is 2.65. The van der Waals surface area contributed by atoms with E-state index >= 15 is 0 Å². The van der Waals surface area contributed by atoms with Gasteiger partial charge in [-0.1, -0.05) is 12.1 Å². The van der Waals surface area contributed by atoms with E-state index in [2.05, 4.69) is 41.4 Å². The monoisotopic (exact) mass is 206 g/mol. The highest BCUT2D eigenvalue weighted by molar-refractivity contribution is 5.46. The smallest absolute Gasteiger partial charge is 0.134 e. The molecule has 1 saturated heterocycles. The van der Waals surface area contributed by atoms with Gasteiger partial charge < -0.3 is 9.64 Å². The van der Waals surface area contributed by atoms with Crippen LogP contribution in [0.1, 0.15) is 18.7 Å². The Morgan fingerprint density at radius 2 is 1.93 bits per heavy atom. The van der Waals surface area contributed by atoms with E-state index in [1.54, 1.807) is 0 Å². The highest BCUT2D eigenvalue weighted by Crippen LogP contribution is 2.22. The number of ether oxygens (including phenoxy) is 1. The molecule has 1 aromatic carbocycles. The first-order valence-electron chi connectivity index (χ1n) is 5.32. The third-order valence-electron chi connectivity index (χ3n) is 2.66. The molecule has 1 heterocycles. The first kappa shape index (κ1) is 10.5. The number of benzene rings is 1. The summed E-state index contributed by atoms with van der Waals surface area (Å²) >= 11 is 0. The topological polar surface area (TPSA) is 24.5 Å². The minimum Gasteiger partial charge on any atom is -0.378 e. The predicted molar refractivity (Wildman–Crippen MR) is 62.1 cm³/mol. The van der Waals surface area contributed by atoms with Crippen LogP contribution in [0.2, 0.25) is 0 Å². The highest BCUT2D eigenvalue weighted by atomic mass is 16.5. The standard InChI is InChI=1S/C12H18N2O/c1-9-8-15-12(13-9)10-4-6-11(7-5-10)14(2)3/h4-7,9,12-13H,8H2,1-3H3/t9-,12-/m0/s1. The maximum absolute atomic E-state index is 5.63. The van der Waals surface area contributed by atoms with Crippen molar-refractivity contribution in [3.05, 3.63) is 29.8 Å². The van der Waals surface area contributed by atoms with E-state index < -0.39 is 0 Å². The average molecular weight is 206 g/mol. The molecule has 82 valence electrons. The van der Waals surface area contributed by atoms with Crippen molar-refractivity contribution < 1.29 is 4.74 Å². The van der Waals surface area contributed by atoms with Crippen LogP contribution in [-0.2, 0) is 4.74 Å². The molecule has 0 unspecified atom stereocenters. The van der Waals surface area contributed by atoms with Gasteiger partial charge in [0.25, 0.3) is 0 Å². The van der Waals surface area contributed by atoms with Crippen molar-refractivity contribution in [2.75, 3.05) is 25.6 Å². The molecule has 0 aromatic heterocycles. The SMILES string of the molecule is C[C@H]1CO[C@@H](c2ccc(N(C)C)cc2)N1. The second-order valence-corrected chi connectivity index (χ2v) is 4.27. The number of hydrogen-bond donors (Lipinski definition) is 1. The highest BCUT2D eigenvalue weighted by Gasteiger charge is 2.21. The van der Waals surface area contributed by atoms with E-state index in [9.17, 15) is 0 Å². The fourth-order valence-corrected chi connectivity index (χ4v) is 1.73. The van der Waals surface area contributed by atoms with E-state index in [1.807, 2.05) is 14.1 Å². The minimum atomic E-state index is 0.0659. The van der Waals surface area contributed by atoms with Crippen molar-refractivity contribution in [3.8, 4) is 0 Å². The lowest BCUT2D eigenvalue weighted by molar-refractivity contribution is 0.101. The quantitative estimate of drug-likeness (QED) is 0.798. The number of nitrogens with one attached hydrogen (secondary N) is 1. The molecule has 1 aliphatic rings. The fourth-order valence-electron chi connectivity index (χ4n) is 1.73. The van der Waals surface area contributed by atoms with Crippen LogP contribution in [0.25, 0.3) is 0 Å². The molecule has 2 atom stereocenters. The van der Waals surface area contributed by atoms with Crippen LogP contribution in [0.4, 0.5) is 5.69 Å². The Kier molecular flexibility index (Phi) is 2.93. The Morgan fingerprint density at radius 1 is 1.27 bits per heavy atom. The zero-order chi connectivity index (χ0) is 10.8. The van der Waals surface area contributed by atoms with Gasteiger partial charge in [0.2, 0.25) is 0 Å². The summed E-state index contributed by atoms with van der Waals surface area (Å²) in [5.74, 6) is 0. The molecular formula is C12H18N2O. The third kappa shape index (κ3) is 2.30. The van der Waals surface area contributed by atoms with E-state index in [0.29, 0.717) is 6.04 Å². The van der Waals surface area contributed by atoms with Gasteiger partial charge in [0.1, 0.15) is 6.23 Å². The van der Waals surface area contributed by atoms with Gasteiger partial charge >= 0.3 is 0 Å². The molecule has 2 rings (SSSR count). The zero-order valence-electron chi connectivity index (χ0n) is 9.53. The molecule has 1 N–H and O–H groups in total.